The van der Waals surface area contributed by atoms with Crippen LogP contribution in [0.15, 0.2) is 12.2 Å². The molecule has 0 fully saturated rings. The zero-order valence-electron chi connectivity index (χ0n) is 11.0. The highest BCUT2D eigenvalue weighted by Gasteiger charge is 2.37. The molecule has 6 heteroatoms. The third-order valence-corrected chi connectivity index (χ3v) is 2.80. The molecule has 0 heterocycles. The first-order chi connectivity index (χ1) is 8.12. The van der Waals surface area contributed by atoms with Gasteiger partial charge in [0, 0.05) is 7.11 Å². The van der Waals surface area contributed by atoms with Crippen LogP contribution in [0.3, 0.4) is 0 Å². The van der Waals surface area contributed by atoms with Crippen molar-refractivity contribution in [2.45, 2.75) is 45.2 Å². The van der Waals surface area contributed by atoms with E-state index in [2.05, 4.69) is 0 Å². The third-order valence-electron chi connectivity index (χ3n) is 2.80. The molecule has 0 rings (SSSR count). The summed E-state index contributed by atoms with van der Waals surface area (Å²) in [6.07, 6.45) is 3.86. The van der Waals surface area contributed by atoms with E-state index in [1.165, 1.54) is 27.0 Å². The van der Waals surface area contributed by atoms with Gasteiger partial charge >= 0.3 is 5.97 Å². The average molecular weight is 262 g/mol. The van der Waals surface area contributed by atoms with Crippen LogP contribution in [0.25, 0.3) is 0 Å². The topological polar surface area (TPSA) is 107 Å². The van der Waals surface area contributed by atoms with Gasteiger partial charge in [-0.1, -0.05) is 12.2 Å². The number of hydrogen-bond donors (Lipinski definition) is 4. The largest absolute Gasteiger partial charge is 0.479 e. The second-order valence-electron chi connectivity index (χ2n) is 4.75. The maximum atomic E-state index is 10.6. The van der Waals surface area contributed by atoms with Gasteiger partial charge in [-0.25, -0.2) is 4.79 Å². The van der Waals surface area contributed by atoms with Gasteiger partial charge in [-0.15, -0.1) is 0 Å². The number of allylic oxidation sites excluding steroid dienone is 1. The second-order valence-corrected chi connectivity index (χ2v) is 4.75. The van der Waals surface area contributed by atoms with Gasteiger partial charge in [0.05, 0.1) is 5.41 Å². The fourth-order valence-corrected chi connectivity index (χ4v) is 1.25. The van der Waals surface area contributed by atoms with Gasteiger partial charge in [-0.3, -0.25) is 0 Å². The van der Waals surface area contributed by atoms with Crippen molar-refractivity contribution in [1.29, 1.82) is 0 Å². The van der Waals surface area contributed by atoms with Crippen LogP contribution >= 0.6 is 0 Å². The van der Waals surface area contributed by atoms with E-state index in [-0.39, 0.29) is 0 Å². The average Bonchev–Trinajstić information content (AvgIpc) is 2.20. The van der Waals surface area contributed by atoms with Crippen LogP contribution in [0.4, 0.5) is 0 Å². The zero-order valence-corrected chi connectivity index (χ0v) is 11.0. The summed E-state index contributed by atoms with van der Waals surface area (Å²) in [4.78, 5) is 10.6. The summed E-state index contributed by atoms with van der Waals surface area (Å²) >= 11 is 0. The van der Waals surface area contributed by atoms with Gasteiger partial charge in [0.25, 0.3) is 5.97 Å². The molecule has 0 aliphatic carbocycles. The predicted molar refractivity (Wildman–Crippen MR) is 64.6 cm³/mol. The molecule has 6 nitrogen and oxygen atoms in total. The van der Waals surface area contributed by atoms with Crippen molar-refractivity contribution in [2.24, 2.45) is 5.41 Å². The standard InChI is InChI=1S/C12H22O6/c1-11(2,12(15,16)17)8-6-4-5-7-9(18-3)10(13)14/h6,8-9,15-17H,4-5,7H2,1-3H3,(H,13,14). The Bertz CT molecular complexity index is 289. The maximum absolute atomic E-state index is 10.6. The lowest BCUT2D eigenvalue weighted by molar-refractivity contribution is -0.356. The van der Waals surface area contributed by atoms with Crippen LogP contribution in [-0.4, -0.2) is 45.6 Å². The molecule has 0 spiro atoms. The number of carbonyl (C=O) groups is 1. The van der Waals surface area contributed by atoms with Crippen LogP contribution in [0.2, 0.25) is 0 Å². The Morgan fingerprint density at radius 1 is 1.33 bits per heavy atom. The molecule has 0 aromatic rings. The molecule has 0 bridgehead atoms. The number of aliphatic hydroxyl groups is 3. The number of unbranched alkanes of at least 4 members (excludes halogenated alkanes) is 1. The Kier molecular flexibility index (Phi) is 6.48. The van der Waals surface area contributed by atoms with Crippen molar-refractivity contribution in [3.05, 3.63) is 12.2 Å². The van der Waals surface area contributed by atoms with Gasteiger partial charge < -0.3 is 25.2 Å². The van der Waals surface area contributed by atoms with Crippen LogP contribution in [0, 0.1) is 5.41 Å². The van der Waals surface area contributed by atoms with Crippen LogP contribution < -0.4 is 0 Å². The number of aliphatic carboxylic acids is 1. The molecule has 0 saturated heterocycles. The Balaban J connectivity index is 4.09. The lowest BCUT2D eigenvalue weighted by atomic mass is 9.89. The first-order valence-electron chi connectivity index (χ1n) is 5.72. The second kappa shape index (κ2) is 6.84. The lowest BCUT2D eigenvalue weighted by Crippen LogP contribution is -2.43. The summed E-state index contributed by atoms with van der Waals surface area (Å²) in [5, 5.41) is 35.9. The van der Waals surface area contributed by atoms with Gasteiger partial charge in [0.1, 0.15) is 0 Å². The molecule has 0 aliphatic heterocycles. The molecule has 106 valence electrons. The molecule has 0 aromatic carbocycles. The molecular formula is C12H22O6. The third kappa shape index (κ3) is 5.59. The fourth-order valence-electron chi connectivity index (χ4n) is 1.25. The molecular weight excluding hydrogens is 240 g/mol. The Hall–Kier alpha value is -0.950. The number of methoxy groups -OCH3 is 1. The number of rotatable bonds is 8. The Morgan fingerprint density at radius 3 is 2.28 bits per heavy atom. The minimum absolute atomic E-state index is 0.374. The smallest absolute Gasteiger partial charge is 0.332 e. The van der Waals surface area contributed by atoms with Crippen LogP contribution in [-0.2, 0) is 9.53 Å². The van der Waals surface area contributed by atoms with Crippen molar-refractivity contribution in [3.8, 4) is 0 Å². The SMILES string of the molecule is COC(CCCC=CC(C)(C)C(O)(O)O)C(=O)O. The van der Waals surface area contributed by atoms with Gasteiger partial charge in [0.2, 0.25) is 0 Å². The maximum Gasteiger partial charge on any atom is 0.332 e. The first-order valence-corrected chi connectivity index (χ1v) is 5.72. The summed E-state index contributed by atoms with van der Waals surface area (Å²) < 4.78 is 4.77. The highest BCUT2D eigenvalue weighted by Crippen LogP contribution is 2.28. The minimum Gasteiger partial charge on any atom is -0.479 e. The van der Waals surface area contributed by atoms with Crippen molar-refractivity contribution in [2.75, 3.05) is 7.11 Å². The monoisotopic (exact) mass is 262 g/mol. The zero-order chi connectivity index (χ0) is 14.4. The van der Waals surface area contributed by atoms with E-state index in [1.807, 2.05) is 0 Å². The lowest BCUT2D eigenvalue weighted by Gasteiger charge is -2.30. The molecule has 4 N–H and O–H groups in total. The van der Waals surface area contributed by atoms with Crippen LogP contribution in [0.1, 0.15) is 33.1 Å². The fraction of sp³-hybridized carbons (Fsp3) is 0.750. The quantitative estimate of drug-likeness (QED) is 0.288. The number of ether oxygens (including phenoxy) is 1. The summed E-state index contributed by atoms with van der Waals surface area (Å²) in [5.41, 5.74) is -1.19. The molecule has 0 saturated carbocycles. The molecule has 1 atom stereocenters. The van der Waals surface area contributed by atoms with E-state index < -0.39 is 23.5 Å². The summed E-state index contributed by atoms with van der Waals surface area (Å²) in [7, 11) is 1.34. The minimum atomic E-state index is -2.78. The van der Waals surface area contributed by atoms with E-state index in [9.17, 15) is 4.79 Å². The number of carboxylic acid groups (broad SMARTS) is 1. The van der Waals surface area contributed by atoms with E-state index in [4.69, 9.17) is 25.2 Å². The number of hydrogen-bond acceptors (Lipinski definition) is 5. The van der Waals surface area contributed by atoms with E-state index in [0.717, 1.165) is 0 Å². The Labute approximate surface area is 107 Å². The Morgan fingerprint density at radius 2 is 1.89 bits per heavy atom. The summed E-state index contributed by atoms with van der Waals surface area (Å²) in [6, 6.07) is 0. The molecule has 0 amide bonds. The molecule has 18 heavy (non-hydrogen) atoms. The van der Waals surface area contributed by atoms with E-state index in [1.54, 1.807) is 6.08 Å². The van der Waals surface area contributed by atoms with Crippen molar-refractivity contribution in [1.82, 2.24) is 0 Å². The van der Waals surface area contributed by atoms with Gasteiger partial charge in [-0.2, -0.15) is 0 Å². The van der Waals surface area contributed by atoms with Crippen LogP contribution in [0.5, 0.6) is 0 Å². The van der Waals surface area contributed by atoms with Crippen molar-refractivity contribution < 1.29 is 30.0 Å². The highest BCUT2D eigenvalue weighted by molar-refractivity contribution is 5.72. The summed E-state index contributed by atoms with van der Waals surface area (Å²) in [6.45, 7) is 2.94. The highest BCUT2D eigenvalue weighted by atomic mass is 16.7. The number of carboxylic acids is 1. The van der Waals surface area contributed by atoms with E-state index in [0.29, 0.717) is 19.3 Å². The predicted octanol–water partition coefficient (Wildman–Crippen LogP) is 0.469. The normalized spacial score (nSPS) is 15.0. The van der Waals surface area contributed by atoms with Crippen molar-refractivity contribution in [3.63, 3.8) is 0 Å². The molecule has 0 aromatic heterocycles. The first kappa shape index (κ1) is 17.1. The molecule has 0 radical (unpaired) electrons. The summed E-state index contributed by atoms with van der Waals surface area (Å²) in [5.74, 6) is -3.78. The molecule has 1 unspecified atom stereocenters. The van der Waals surface area contributed by atoms with E-state index >= 15 is 0 Å². The van der Waals surface area contributed by atoms with Gasteiger partial charge in [-0.05, 0) is 33.1 Å². The molecule has 0 aliphatic rings. The van der Waals surface area contributed by atoms with Crippen molar-refractivity contribution >= 4 is 5.97 Å². The van der Waals surface area contributed by atoms with Gasteiger partial charge in [0.15, 0.2) is 6.10 Å².